The Bertz CT molecular complexity index is 474. The van der Waals surface area contributed by atoms with Crippen molar-refractivity contribution in [2.75, 3.05) is 0 Å². The van der Waals surface area contributed by atoms with E-state index in [9.17, 15) is 0 Å². The van der Waals surface area contributed by atoms with Crippen molar-refractivity contribution in [1.29, 1.82) is 0 Å². The lowest BCUT2D eigenvalue weighted by atomic mass is 9.77. The Balaban J connectivity index is 1.47. The van der Waals surface area contributed by atoms with Gasteiger partial charge in [0.25, 0.3) is 0 Å². The number of fused-ring (bicyclic) bond motifs is 2. The van der Waals surface area contributed by atoms with E-state index < -0.39 is 0 Å². The highest BCUT2D eigenvalue weighted by atomic mass is 15.2. The number of hydrogen-bond donors (Lipinski definition) is 2. The first-order chi connectivity index (χ1) is 9.85. The average Bonchev–Trinajstić information content (AvgIpc) is 3.11. The van der Waals surface area contributed by atoms with Crippen LogP contribution in [0.1, 0.15) is 55.6 Å². The van der Waals surface area contributed by atoms with Crippen molar-refractivity contribution in [3.05, 3.63) is 35.4 Å². The van der Waals surface area contributed by atoms with Gasteiger partial charge in [-0.05, 0) is 79.7 Å². The summed E-state index contributed by atoms with van der Waals surface area (Å²) in [5.74, 6) is 9.55. The molecule has 2 heteroatoms. The van der Waals surface area contributed by atoms with E-state index in [1.165, 1.54) is 44.9 Å². The minimum Gasteiger partial charge on any atom is -0.271 e. The van der Waals surface area contributed by atoms with Crippen LogP contribution in [0.25, 0.3) is 0 Å². The largest absolute Gasteiger partial charge is 0.271 e. The monoisotopic (exact) mass is 270 g/mol. The zero-order valence-corrected chi connectivity index (χ0v) is 12.2. The fourth-order valence-corrected chi connectivity index (χ4v) is 4.89. The molecule has 0 heterocycles. The highest BCUT2D eigenvalue weighted by Crippen LogP contribution is 2.55. The first-order valence-electron chi connectivity index (χ1n) is 8.39. The molecule has 0 radical (unpaired) electrons. The highest BCUT2D eigenvalue weighted by Gasteiger charge is 2.47. The summed E-state index contributed by atoms with van der Waals surface area (Å²) in [6.45, 7) is 0. The first kappa shape index (κ1) is 12.8. The molecule has 3 N–H and O–H groups in total. The molecule has 2 saturated carbocycles. The van der Waals surface area contributed by atoms with Gasteiger partial charge in [-0.2, -0.15) is 0 Å². The Morgan fingerprint density at radius 2 is 1.95 bits per heavy atom. The molecule has 2 fully saturated rings. The minimum atomic E-state index is 0.527. The van der Waals surface area contributed by atoms with Crippen molar-refractivity contribution in [3.8, 4) is 0 Å². The van der Waals surface area contributed by atoms with E-state index in [2.05, 4.69) is 29.7 Å². The quantitative estimate of drug-likeness (QED) is 0.650. The van der Waals surface area contributed by atoms with Crippen molar-refractivity contribution in [1.82, 2.24) is 5.43 Å². The number of rotatable bonds is 4. The van der Waals surface area contributed by atoms with Crippen molar-refractivity contribution >= 4 is 0 Å². The van der Waals surface area contributed by atoms with Crippen molar-refractivity contribution in [3.63, 3.8) is 0 Å². The summed E-state index contributed by atoms with van der Waals surface area (Å²) in [6.07, 6.45) is 9.53. The summed E-state index contributed by atoms with van der Waals surface area (Å²) in [5.41, 5.74) is 6.34. The van der Waals surface area contributed by atoms with Crippen LogP contribution in [-0.4, -0.2) is 6.04 Å². The minimum absolute atomic E-state index is 0.527. The van der Waals surface area contributed by atoms with E-state index in [1.807, 2.05) is 0 Å². The fraction of sp³-hybridized carbons (Fsp3) is 0.667. The maximum absolute atomic E-state index is 5.90. The molecule has 20 heavy (non-hydrogen) atoms. The summed E-state index contributed by atoms with van der Waals surface area (Å²) in [5, 5.41) is 0. The molecule has 4 unspecified atom stereocenters. The summed E-state index contributed by atoms with van der Waals surface area (Å²) < 4.78 is 0. The number of hydrazine groups is 1. The molecular formula is C18H26N2. The molecule has 0 saturated heterocycles. The number of hydrogen-bond acceptors (Lipinski definition) is 2. The topological polar surface area (TPSA) is 38.0 Å². The van der Waals surface area contributed by atoms with E-state index in [0.717, 1.165) is 23.7 Å². The van der Waals surface area contributed by atoms with Crippen LogP contribution >= 0.6 is 0 Å². The van der Waals surface area contributed by atoms with Gasteiger partial charge in [0.1, 0.15) is 0 Å². The normalized spacial score (nSPS) is 36.2. The summed E-state index contributed by atoms with van der Waals surface area (Å²) >= 11 is 0. The van der Waals surface area contributed by atoms with E-state index in [4.69, 9.17) is 5.84 Å². The zero-order valence-electron chi connectivity index (χ0n) is 12.2. The molecule has 0 aromatic heterocycles. The average molecular weight is 270 g/mol. The predicted molar refractivity (Wildman–Crippen MR) is 82.2 cm³/mol. The van der Waals surface area contributed by atoms with Gasteiger partial charge in [-0.3, -0.25) is 11.3 Å². The van der Waals surface area contributed by atoms with Gasteiger partial charge in [-0.15, -0.1) is 0 Å². The second-order valence-electron chi connectivity index (χ2n) is 7.28. The molecule has 4 rings (SSSR count). The summed E-state index contributed by atoms with van der Waals surface area (Å²) in [4.78, 5) is 0. The molecule has 2 nitrogen and oxygen atoms in total. The lowest BCUT2D eigenvalue weighted by molar-refractivity contribution is 0.296. The molecule has 0 bridgehead atoms. The lowest BCUT2D eigenvalue weighted by Gasteiger charge is -2.32. The Morgan fingerprint density at radius 1 is 1.15 bits per heavy atom. The number of aryl methyl sites for hydroxylation is 1. The van der Waals surface area contributed by atoms with Gasteiger partial charge >= 0.3 is 0 Å². The van der Waals surface area contributed by atoms with Crippen LogP contribution in [0.5, 0.6) is 0 Å². The zero-order chi connectivity index (χ0) is 13.5. The van der Waals surface area contributed by atoms with Gasteiger partial charge in [-0.1, -0.05) is 24.3 Å². The SMILES string of the molecule is NNC(CC1CCCc2ccccc21)C1CC2CC2C1. The van der Waals surface area contributed by atoms with Crippen LogP contribution in [0.2, 0.25) is 0 Å². The first-order valence-corrected chi connectivity index (χ1v) is 8.39. The van der Waals surface area contributed by atoms with Gasteiger partial charge in [0.15, 0.2) is 0 Å². The molecule has 3 aliphatic rings. The summed E-state index contributed by atoms with van der Waals surface area (Å²) in [6, 6.07) is 9.58. The van der Waals surface area contributed by atoms with Crippen LogP contribution in [0.3, 0.4) is 0 Å². The van der Waals surface area contributed by atoms with Crippen LogP contribution in [0.15, 0.2) is 24.3 Å². The van der Waals surface area contributed by atoms with E-state index >= 15 is 0 Å². The third-order valence-corrected chi connectivity index (χ3v) is 6.10. The molecular weight excluding hydrogens is 244 g/mol. The Kier molecular flexibility index (Phi) is 3.31. The van der Waals surface area contributed by atoms with Crippen LogP contribution in [0, 0.1) is 17.8 Å². The molecule has 0 aliphatic heterocycles. The van der Waals surface area contributed by atoms with Gasteiger partial charge in [0.2, 0.25) is 0 Å². The van der Waals surface area contributed by atoms with Gasteiger partial charge in [0.05, 0.1) is 0 Å². The highest BCUT2D eigenvalue weighted by molar-refractivity contribution is 5.32. The molecule has 1 aromatic carbocycles. The van der Waals surface area contributed by atoms with Gasteiger partial charge < -0.3 is 0 Å². The predicted octanol–water partition coefficient (Wildman–Crippen LogP) is 3.37. The van der Waals surface area contributed by atoms with Gasteiger partial charge in [-0.25, -0.2) is 0 Å². The number of benzene rings is 1. The Labute approximate surface area is 122 Å². The van der Waals surface area contributed by atoms with Crippen LogP contribution in [0.4, 0.5) is 0 Å². The summed E-state index contributed by atoms with van der Waals surface area (Å²) in [7, 11) is 0. The van der Waals surface area contributed by atoms with E-state index in [1.54, 1.807) is 11.1 Å². The van der Waals surface area contributed by atoms with E-state index in [-0.39, 0.29) is 0 Å². The van der Waals surface area contributed by atoms with Crippen molar-refractivity contribution < 1.29 is 0 Å². The molecule has 1 aromatic rings. The lowest BCUT2D eigenvalue weighted by Crippen LogP contribution is -2.41. The second-order valence-corrected chi connectivity index (χ2v) is 7.28. The third kappa shape index (κ3) is 2.29. The van der Waals surface area contributed by atoms with Crippen LogP contribution in [-0.2, 0) is 6.42 Å². The Morgan fingerprint density at radius 3 is 2.75 bits per heavy atom. The molecule has 0 spiro atoms. The van der Waals surface area contributed by atoms with Crippen LogP contribution < -0.4 is 11.3 Å². The molecule has 108 valence electrons. The smallest absolute Gasteiger partial charge is 0.0244 e. The standard InChI is InChI=1S/C18H26N2/c19-20-18(16-9-14-8-15(14)10-16)11-13-6-3-5-12-4-1-2-7-17(12)13/h1-2,4,7,13-16,18,20H,3,5-6,8-11,19H2. The second kappa shape index (κ2) is 5.16. The third-order valence-electron chi connectivity index (χ3n) is 6.10. The van der Waals surface area contributed by atoms with E-state index in [0.29, 0.717) is 6.04 Å². The Hall–Kier alpha value is -0.860. The molecule has 3 aliphatic carbocycles. The fourth-order valence-electron chi connectivity index (χ4n) is 4.89. The number of nitrogens with one attached hydrogen (secondary N) is 1. The van der Waals surface area contributed by atoms with Crippen molar-refractivity contribution in [2.45, 2.75) is 56.9 Å². The van der Waals surface area contributed by atoms with Crippen molar-refractivity contribution in [2.24, 2.45) is 23.6 Å². The maximum Gasteiger partial charge on any atom is 0.0244 e. The number of nitrogens with two attached hydrogens (primary N) is 1. The maximum atomic E-state index is 5.90. The molecule has 0 amide bonds. The molecule has 4 atom stereocenters. The van der Waals surface area contributed by atoms with Gasteiger partial charge in [0, 0.05) is 6.04 Å².